The maximum Gasteiger partial charge on any atom is 0.326 e. The predicted octanol–water partition coefficient (Wildman–Crippen LogP) is 2.88. The van der Waals surface area contributed by atoms with E-state index in [2.05, 4.69) is 5.32 Å². The summed E-state index contributed by atoms with van der Waals surface area (Å²) in [6.45, 7) is 5.85. The van der Waals surface area contributed by atoms with Crippen LogP contribution in [0.25, 0.3) is 0 Å². The fraction of sp³-hybridized carbons (Fsp3) is 0.556. The molecule has 2 atom stereocenters. The molecule has 0 aliphatic heterocycles. The van der Waals surface area contributed by atoms with Gasteiger partial charge < -0.3 is 15.2 Å². The summed E-state index contributed by atoms with van der Waals surface area (Å²) >= 11 is 0. The summed E-state index contributed by atoms with van der Waals surface area (Å²) in [5.74, 6) is -0.0879. The molecule has 5 heteroatoms. The fourth-order valence-corrected chi connectivity index (χ4v) is 2.58. The van der Waals surface area contributed by atoms with E-state index in [4.69, 9.17) is 4.74 Å². The number of amides is 1. The number of carbonyl (C=O) groups excluding carboxylic acids is 1. The zero-order valence-corrected chi connectivity index (χ0v) is 14.3. The molecule has 0 aliphatic rings. The normalized spacial score (nSPS) is 13.4. The lowest BCUT2D eigenvalue weighted by molar-refractivity contribution is -0.142. The van der Waals surface area contributed by atoms with Crippen molar-refractivity contribution in [2.45, 2.75) is 46.1 Å². The monoisotopic (exact) mass is 321 g/mol. The van der Waals surface area contributed by atoms with Crippen LogP contribution in [0.1, 0.15) is 39.2 Å². The highest BCUT2D eigenvalue weighted by Crippen LogP contribution is 2.22. The highest BCUT2D eigenvalue weighted by atomic mass is 16.5. The lowest BCUT2D eigenvalue weighted by Gasteiger charge is -2.18. The Bertz CT molecular complexity index is 528. The van der Waals surface area contributed by atoms with E-state index >= 15 is 0 Å². The minimum absolute atomic E-state index is 0.0970. The summed E-state index contributed by atoms with van der Waals surface area (Å²) in [5.41, 5.74) is 1.05. The summed E-state index contributed by atoms with van der Waals surface area (Å²) in [5, 5.41) is 11.8. The largest absolute Gasteiger partial charge is 0.496 e. The number of para-hydroxylation sites is 1. The molecule has 5 nitrogen and oxygen atoms in total. The standard InChI is InChI=1S/C18H27NO4/c1-12(2)9-15(18(21)22)19-17(20)11-13(3)10-14-7-5-6-8-16(14)23-4/h5-8,12-13,15H,9-11H2,1-4H3,(H,19,20)(H,21,22)/t13?,15-/m0/s1. The molecular formula is C18H27NO4. The summed E-state index contributed by atoms with van der Waals surface area (Å²) in [6.07, 6.45) is 1.43. The molecule has 0 fully saturated rings. The molecule has 23 heavy (non-hydrogen) atoms. The minimum Gasteiger partial charge on any atom is -0.496 e. The second-order valence-electron chi connectivity index (χ2n) is 6.41. The quantitative estimate of drug-likeness (QED) is 0.733. The van der Waals surface area contributed by atoms with Crippen LogP contribution < -0.4 is 10.1 Å². The first-order valence-electron chi connectivity index (χ1n) is 7.97. The van der Waals surface area contributed by atoms with E-state index in [-0.39, 0.29) is 17.7 Å². The van der Waals surface area contributed by atoms with E-state index < -0.39 is 12.0 Å². The topological polar surface area (TPSA) is 75.6 Å². The Hall–Kier alpha value is -2.04. The fourth-order valence-electron chi connectivity index (χ4n) is 2.58. The van der Waals surface area contributed by atoms with Crippen molar-refractivity contribution in [1.29, 1.82) is 0 Å². The highest BCUT2D eigenvalue weighted by Gasteiger charge is 2.22. The van der Waals surface area contributed by atoms with Gasteiger partial charge in [-0.1, -0.05) is 39.0 Å². The number of carboxylic acids is 1. The summed E-state index contributed by atoms with van der Waals surface area (Å²) in [6, 6.07) is 6.90. The number of carboxylic acid groups (broad SMARTS) is 1. The molecule has 1 aromatic carbocycles. The van der Waals surface area contributed by atoms with Gasteiger partial charge in [-0.2, -0.15) is 0 Å². The number of hydrogen-bond donors (Lipinski definition) is 2. The van der Waals surface area contributed by atoms with E-state index in [0.717, 1.165) is 11.3 Å². The molecule has 0 aliphatic carbocycles. The van der Waals surface area contributed by atoms with Gasteiger partial charge in [-0.3, -0.25) is 4.79 Å². The van der Waals surface area contributed by atoms with Gasteiger partial charge >= 0.3 is 5.97 Å². The zero-order chi connectivity index (χ0) is 17.4. The Morgan fingerprint density at radius 3 is 2.43 bits per heavy atom. The van der Waals surface area contributed by atoms with Crippen LogP contribution in [0.4, 0.5) is 0 Å². The number of carbonyl (C=O) groups is 2. The summed E-state index contributed by atoms with van der Waals surface area (Å²) in [7, 11) is 1.62. The van der Waals surface area contributed by atoms with Crippen molar-refractivity contribution in [2.75, 3.05) is 7.11 Å². The first-order valence-corrected chi connectivity index (χ1v) is 7.97. The summed E-state index contributed by atoms with van der Waals surface area (Å²) < 4.78 is 5.31. The van der Waals surface area contributed by atoms with Crippen molar-refractivity contribution in [1.82, 2.24) is 5.32 Å². The first-order chi connectivity index (χ1) is 10.8. The average molecular weight is 321 g/mol. The predicted molar refractivity (Wildman–Crippen MR) is 89.5 cm³/mol. The van der Waals surface area contributed by atoms with Crippen LogP contribution >= 0.6 is 0 Å². The Balaban J connectivity index is 2.57. The number of benzene rings is 1. The van der Waals surface area contributed by atoms with Crippen LogP contribution in [0.3, 0.4) is 0 Å². The molecule has 0 bridgehead atoms. The van der Waals surface area contributed by atoms with Gasteiger partial charge in [0.05, 0.1) is 7.11 Å². The minimum atomic E-state index is -0.982. The molecule has 1 amide bonds. The van der Waals surface area contributed by atoms with Crippen LogP contribution in [0, 0.1) is 11.8 Å². The van der Waals surface area contributed by atoms with Gasteiger partial charge in [0.25, 0.3) is 0 Å². The van der Waals surface area contributed by atoms with Gasteiger partial charge in [0.15, 0.2) is 0 Å². The number of ether oxygens (including phenoxy) is 1. The Morgan fingerprint density at radius 1 is 1.22 bits per heavy atom. The van der Waals surface area contributed by atoms with E-state index in [1.807, 2.05) is 45.0 Å². The molecule has 1 rings (SSSR count). The van der Waals surface area contributed by atoms with Crippen molar-refractivity contribution < 1.29 is 19.4 Å². The van der Waals surface area contributed by atoms with Gasteiger partial charge in [-0.25, -0.2) is 4.79 Å². The highest BCUT2D eigenvalue weighted by molar-refractivity contribution is 5.83. The third kappa shape index (κ3) is 6.72. The van der Waals surface area contributed by atoms with Crippen LogP contribution in [0.5, 0.6) is 5.75 Å². The lowest BCUT2D eigenvalue weighted by atomic mass is 9.96. The number of rotatable bonds is 9. The Morgan fingerprint density at radius 2 is 1.87 bits per heavy atom. The smallest absolute Gasteiger partial charge is 0.326 e. The maximum absolute atomic E-state index is 12.1. The average Bonchev–Trinajstić information content (AvgIpc) is 2.46. The van der Waals surface area contributed by atoms with Crippen LogP contribution in [0.2, 0.25) is 0 Å². The molecule has 0 aromatic heterocycles. The molecule has 0 heterocycles. The second-order valence-corrected chi connectivity index (χ2v) is 6.41. The number of nitrogens with one attached hydrogen (secondary N) is 1. The molecule has 128 valence electrons. The van der Waals surface area contributed by atoms with Crippen molar-refractivity contribution in [3.05, 3.63) is 29.8 Å². The molecule has 0 saturated heterocycles. The molecular weight excluding hydrogens is 294 g/mol. The molecule has 1 aromatic rings. The van der Waals surface area contributed by atoms with Crippen LogP contribution in [-0.4, -0.2) is 30.1 Å². The number of hydrogen-bond acceptors (Lipinski definition) is 3. The molecule has 1 unspecified atom stereocenters. The maximum atomic E-state index is 12.1. The Kier molecular flexibility index (Phi) is 7.59. The SMILES string of the molecule is COc1ccccc1CC(C)CC(=O)N[C@@H](CC(C)C)C(=O)O. The lowest BCUT2D eigenvalue weighted by Crippen LogP contribution is -2.42. The summed E-state index contributed by atoms with van der Waals surface area (Å²) in [4.78, 5) is 23.3. The zero-order valence-electron chi connectivity index (χ0n) is 14.3. The van der Waals surface area contributed by atoms with Crippen molar-refractivity contribution >= 4 is 11.9 Å². The van der Waals surface area contributed by atoms with Crippen LogP contribution in [-0.2, 0) is 16.0 Å². The third-order valence-corrected chi connectivity index (χ3v) is 3.64. The van der Waals surface area contributed by atoms with Gasteiger partial charge in [-0.05, 0) is 36.3 Å². The van der Waals surface area contributed by atoms with Gasteiger partial charge in [0, 0.05) is 6.42 Å². The molecule has 0 radical (unpaired) electrons. The van der Waals surface area contributed by atoms with E-state index in [1.54, 1.807) is 7.11 Å². The third-order valence-electron chi connectivity index (χ3n) is 3.64. The molecule has 2 N–H and O–H groups in total. The molecule has 0 saturated carbocycles. The van der Waals surface area contributed by atoms with Gasteiger partial charge in [0.2, 0.25) is 5.91 Å². The van der Waals surface area contributed by atoms with Gasteiger partial charge in [-0.15, -0.1) is 0 Å². The molecule has 0 spiro atoms. The van der Waals surface area contributed by atoms with Crippen LogP contribution in [0.15, 0.2) is 24.3 Å². The Labute approximate surface area is 138 Å². The number of methoxy groups -OCH3 is 1. The van der Waals surface area contributed by atoms with Gasteiger partial charge in [0.1, 0.15) is 11.8 Å². The second kappa shape index (κ2) is 9.18. The van der Waals surface area contributed by atoms with Crippen molar-refractivity contribution in [3.63, 3.8) is 0 Å². The van der Waals surface area contributed by atoms with E-state index in [1.165, 1.54) is 0 Å². The number of aliphatic carboxylic acids is 1. The van der Waals surface area contributed by atoms with E-state index in [9.17, 15) is 14.7 Å². The first kappa shape index (κ1) is 19.0. The van der Waals surface area contributed by atoms with Crippen molar-refractivity contribution in [3.8, 4) is 5.75 Å². The van der Waals surface area contributed by atoms with E-state index in [0.29, 0.717) is 19.3 Å². The van der Waals surface area contributed by atoms with Crippen molar-refractivity contribution in [2.24, 2.45) is 11.8 Å².